The number of carboxylic acid groups (broad SMARTS) is 1. The van der Waals surface area contributed by atoms with Crippen LogP contribution in [-0.4, -0.2) is 29.0 Å². The first-order valence-electron chi connectivity index (χ1n) is 9.01. The van der Waals surface area contributed by atoms with Gasteiger partial charge in [0.25, 0.3) is 10.9 Å². The molecule has 0 N–H and O–H groups in total. The molecule has 3 aromatic rings. The summed E-state index contributed by atoms with van der Waals surface area (Å²) in [6.07, 6.45) is 3.32. The number of nitro benzene ring substituents is 1. The Morgan fingerprint density at radius 2 is 1.97 bits per heavy atom. The highest BCUT2D eigenvalue weighted by Crippen LogP contribution is 2.34. The first kappa shape index (κ1) is 19.0. The second-order valence-electron chi connectivity index (χ2n) is 6.55. The molecule has 0 spiro atoms. The van der Waals surface area contributed by atoms with Crippen LogP contribution >= 0.6 is 11.8 Å². The lowest BCUT2D eigenvalue weighted by Gasteiger charge is -2.17. The van der Waals surface area contributed by atoms with Crippen molar-refractivity contribution >= 4 is 46.3 Å². The summed E-state index contributed by atoms with van der Waals surface area (Å²) in [5.74, 6) is -1.41. The van der Waals surface area contributed by atoms with Gasteiger partial charge in [-0.25, -0.2) is 4.98 Å². The fourth-order valence-electron chi connectivity index (χ4n) is 3.27. The number of hydrogen-bond acceptors (Lipinski definition) is 8. The number of nitrogens with zero attached hydrogens (tertiary/aromatic N) is 3. The van der Waals surface area contributed by atoms with E-state index in [2.05, 4.69) is 4.98 Å². The maximum Gasteiger partial charge on any atom is 0.293 e. The van der Waals surface area contributed by atoms with E-state index in [4.69, 9.17) is 4.42 Å². The molecule has 148 valence electrons. The lowest BCUT2D eigenvalue weighted by atomic mass is 10.1. The number of benzene rings is 2. The fraction of sp³-hybridized carbons (Fsp3) is 0.200. The number of fused-ring (bicyclic) bond motifs is 1. The lowest BCUT2D eigenvalue weighted by Crippen LogP contribution is -2.23. The number of thioether (sulfide) groups is 1. The molecule has 1 aliphatic rings. The van der Waals surface area contributed by atoms with Crippen LogP contribution in [-0.2, 0) is 4.79 Å². The van der Waals surface area contributed by atoms with Crippen LogP contribution < -0.4 is 10.0 Å². The zero-order valence-corrected chi connectivity index (χ0v) is 16.1. The van der Waals surface area contributed by atoms with Crippen molar-refractivity contribution in [3.05, 3.63) is 63.0 Å². The van der Waals surface area contributed by atoms with E-state index in [-0.39, 0.29) is 15.8 Å². The standard InChI is InChI=1S/C20H17N3O5S/c24-19(25)18(29-20-21-14-5-1-2-6-17(14)28-20)12-13-7-8-15(16(11-13)23(26)27)22-9-3-4-10-22/h1-2,5-8,11-12H,3-4,9-10H2,(H,24,25)/p-1/b18-12+. The molecule has 0 unspecified atom stereocenters. The SMILES string of the molecule is O=C([O-])/C(=C\c1ccc(N2CCCC2)c([N+](=O)[O-])c1)Sc1nc2ccccc2o1. The summed E-state index contributed by atoms with van der Waals surface area (Å²) in [7, 11) is 0. The molecule has 0 atom stereocenters. The van der Waals surface area contributed by atoms with Gasteiger partial charge in [-0.3, -0.25) is 10.1 Å². The molecular formula is C20H16N3O5S-. The molecule has 2 aromatic carbocycles. The first-order chi connectivity index (χ1) is 14.0. The topological polar surface area (TPSA) is 113 Å². The molecule has 1 fully saturated rings. The quantitative estimate of drug-likeness (QED) is 0.263. The van der Waals surface area contributed by atoms with Crippen LogP contribution in [0.1, 0.15) is 18.4 Å². The van der Waals surface area contributed by atoms with Crippen LogP contribution in [0.4, 0.5) is 11.4 Å². The first-order valence-corrected chi connectivity index (χ1v) is 9.83. The molecule has 2 heterocycles. The predicted molar refractivity (Wildman–Crippen MR) is 107 cm³/mol. The van der Waals surface area contributed by atoms with Gasteiger partial charge in [-0.1, -0.05) is 18.2 Å². The van der Waals surface area contributed by atoms with Gasteiger partial charge in [-0.15, -0.1) is 0 Å². The Bertz CT molecular complexity index is 1090. The average molecular weight is 410 g/mol. The summed E-state index contributed by atoms with van der Waals surface area (Å²) in [6, 6.07) is 11.8. The van der Waals surface area contributed by atoms with Crippen LogP contribution in [0, 0.1) is 10.1 Å². The van der Waals surface area contributed by atoms with Crippen LogP contribution in [0.25, 0.3) is 17.2 Å². The number of para-hydroxylation sites is 2. The number of hydrogen-bond donors (Lipinski definition) is 0. The molecule has 0 aliphatic carbocycles. The summed E-state index contributed by atoms with van der Waals surface area (Å²) in [6.45, 7) is 1.54. The Morgan fingerprint density at radius 1 is 1.21 bits per heavy atom. The van der Waals surface area contributed by atoms with Gasteiger partial charge in [0.15, 0.2) is 5.58 Å². The number of nitro groups is 1. The summed E-state index contributed by atoms with van der Waals surface area (Å²) >= 11 is 0.802. The Balaban J connectivity index is 1.66. The summed E-state index contributed by atoms with van der Waals surface area (Å²) in [5.41, 5.74) is 2.04. The third-order valence-electron chi connectivity index (χ3n) is 4.61. The third kappa shape index (κ3) is 4.09. The highest BCUT2D eigenvalue weighted by molar-refractivity contribution is 8.03. The van der Waals surface area contributed by atoms with E-state index in [0.29, 0.717) is 22.4 Å². The molecule has 29 heavy (non-hydrogen) atoms. The molecule has 9 heteroatoms. The molecule has 0 radical (unpaired) electrons. The maximum atomic E-state index is 11.6. The highest BCUT2D eigenvalue weighted by atomic mass is 32.2. The molecule has 1 aliphatic heterocycles. The van der Waals surface area contributed by atoms with Gasteiger partial charge >= 0.3 is 0 Å². The van der Waals surface area contributed by atoms with E-state index < -0.39 is 10.9 Å². The number of aromatic nitrogens is 1. The van der Waals surface area contributed by atoms with Crippen LogP contribution in [0.2, 0.25) is 0 Å². The van der Waals surface area contributed by atoms with Gasteiger partial charge in [-0.2, -0.15) is 0 Å². The summed E-state index contributed by atoms with van der Waals surface area (Å²) < 4.78 is 5.54. The molecule has 4 rings (SSSR count). The molecule has 0 saturated carbocycles. The van der Waals surface area contributed by atoms with Crippen molar-refractivity contribution in [3.8, 4) is 0 Å². The number of rotatable bonds is 6. The average Bonchev–Trinajstić information content (AvgIpc) is 3.36. The number of carbonyl (C=O) groups excluding carboxylic acids is 1. The molecule has 0 amide bonds. The van der Waals surface area contributed by atoms with E-state index in [0.717, 1.165) is 37.7 Å². The molecule has 0 bridgehead atoms. The van der Waals surface area contributed by atoms with E-state index in [9.17, 15) is 20.0 Å². The van der Waals surface area contributed by atoms with E-state index in [1.807, 2.05) is 4.90 Å². The number of carbonyl (C=O) groups is 1. The van der Waals surface area contributed by atoms with Gasteiger partial charge in [0.05, 0.1) is 10.9 Å². The summed E-state index contributed by atoms with van der Waals surface area (Å²) in [4.78, 5) is 28.8. The van der Waals surface area contributed by atoms with Crippen molar-refractivity contribution in [2.75, 3.05) is 18.0 Å². The van der Waals surface area contributed by atoms with Gasteiger partial charge in [-0.05, 0) is 54.4 Å². The van der Waals surface area contributed by atoms with Crippen molar-refractivity contribution in [2.24, 2.45) is 0 Å². The highest BCUT2D eigenvalue weighted by Gasteiger charge is 2.22. The van der Waals surface area contributed by atoms with Gasteiger partial charge < -0.3 is 19.2 Å². The molecule has 1 aromatic heterocycles. The normalized spacial score (nSPS) is 14.5. The smallest absolute Gasteiger partial charge is 0.293 e. The molecule has 8 nitrogen and oxygen atoms in total. The van der Waals surface area contributed by atoms with Crippen molar-refractivity contribution in [3.63, 3.8) is 0 Å². The minimum absolute atomic E-state index is 0.0507. The van der Waals surface area contributed by atoms with Gasteiger partial charge in [0.1, 0.15) is 11.2 Å². The Hall–Kier alpha value is -3.33. The van der Waals surface area contributed by atoms with E-state index >= 15 is 0 Å². The number of carboxylic acids is 1. The Morgan fingerprint density at radius 3 is 2.66 bits per heavy atom. The second kappa shape index (κ2) is 7.96. The van der Waals surface area contributed by atoms with E-state index in [1.165, 1.54) is 12.1 Å². The molecule has 1 saturated heterocycles. The van der Waals surface area contributed by atoms with Crippen molar-refractivity contribution in [1.82, 2.24) is 4.98 Å². The molecular weight excluding hydrogens is 394 g/mol. The van der Waals surface area contributed by atoms with Crippen molar-refractivity contribution < 1.29 is 19.2 Å². The maximum absolute atomic E-state index is 11.6. The second-order valence-corrected chi connectivity index (χ2v) is 7.54. The van der Waals surface area contributed by atoms with Crippen LogP contribution in [0.15, 0.2) is 57.0 Å². The summed E-state index contributed by atoms with van der Waals surface area (Å²) in [5, 5.41) is 23.3. The number of aliphatic carboxylic acids is 1. The number of oxazole rings is 1. The number of anilines is 1. The minimum atomic E-state index is -1.41. The zero-order valence-electron chi connectivity index (χ0n) is 15.2. The largest absolute Gasteiger partial charge is 0.544 e. The fourth-order valence-corrected chi connectivity index (χ4v) is 4.01. The van der Waals surface area contributed by atoms with Gasteiger partial charge in [0, 0.05) is 24.1 Å². The Labute approximate surface area is 170 Å². The lowest BCUT2D eigenvalue weighted by molar-refractivity contribution is -0.384. The van der Waals surface area contributed by atoms with Crippen molar-refractivity contribution in [1.29, 1.82) is 0 Å². The van der Waals surface area contributed by atoms with Crippen molar-refractivity contribution in [2.45, 2.75) is 18.1 Å². The Kier molecular flexibility index (Phi) is 5.22. The van der Waals surface area contributed by atoms with Crippen LogP contribution in [0.5, 0.6) is 0 Å². The predicted octanol–water partition coefficient (Wildman–Crippen LogP) is 3.22. The van der Waals surface area contributed by atoms with Crippen LogP contribution in [0.3, 0.4) is 0 Å². The zero-order chi connectivity index (χ0) is 20.4. The minimum Gasteiger partial charge on any atom is -0.544 e. The third-order valence-corrected chi connectivity index (χ3v) is 5.47. The van der Waals surface area contributed by atoms with E-state index in [1.54, 1.807) is 36.4 Å². The monoisotopic (exact) mass is 410 g/mol. The van der Waals surface area contributed by atoms with Gasteiger partial charge in [0.2, 0.25) is 0 Å².